The predicted octanol–water partition coefficient (Wildman–Crippen LogP) is 2.74. The molecule has 150 valence electrons. The van der Waals surface area contributed by atoms with E-state index in [9.17, 15) is 13.2 Å². The van der Waals surface area contributed by atoms with Crippen molar-refractivity contribution < 1.29 is 17.9 Å². The molecule has 0 N–H and O–H groups in total. The van der Waals surface area contributed by atoms with Crippen molar-refractivity contribution in [3.8, 4) is 5.75 Å². The number of ether oxygens (including phenoxy) is 1. The fourth-order valence-corrected chi connectivity index (χ4v) is 6.37. The minimum absolute atomic E-state index is 0.0754. The maximum atomic E-state index is 13.1. The average molecular weight is 421 g/mol. The van der Waals surface area contributed by atoms with E-state index in [2.05, 4.69) is 11.4 Å². The first-order valence-corrected chi connectivity index (χ1v) is 11.8. The lowest BCUT2D eigenvalue weighted by Gasteiger charge is -2.35. The number of carbonyl (C=O) groups is 1. The summed E-state index contributed by atoms with van der Waals surface area (Å²) in [6, 6.07) is 8.49. The molecule has 0 saturated carbocycles. The van der Waals surface area contributed by atoms with Crippen LogP contribution in [0.1, 0.15) is 23.3 Å². The first kappa shape index (κ1) is 19.4. The van der Waals surface area contributed by atoms with Crippen molar-refractivity contribution in [3.63, 3.8) is 0 Å². The number of nitrogens with zero attached hydrogens (tertiary/aromatic N) is 2. The summed E-state index contributed by atoms with van der Waals surface area (Å²) < 4.78 is 32.6. The number of amides is 1. The monoisotopic (exact) mass is 420 g/mol. The van der Waals surface area contributed by atoms with Gasteiger partial charge in [0.1, 0.15) is 5.75 Å². The van der Waals surface area contributed by atoms with Crippen molar-refractivity contribution in [1.82, 2.24) is 9.21 Å². The molecule has 0 radical (unpaired) electrons. The topological polar surface area (TPSA) is 66.9 Å². The van der Waals surface area contributed by atoms with Gasteiger partial charge in [0.05, 0.1) is 17.9 Å². The maximum Gasteiger partial charge on any atom is 0.243 e. The molecule has 3 heterocycles. The summed E-state index contributed by atoms with van der Waals surface area (Å²) in [4.78, 5) is 16.6. The van der Waals surface area contributed by atoms with Crippen molar-refractivity contribution in [2.24, 2.45) is 5.92 Å². The third kappa shape index (κ3) is 3.68. The molecule has 2 aliphatic heterocycles. The number of sulfonamides is 1. The molecule has 6 nitrogen and oxygen atoms in total. The minimum atomic E-state index is -3.62. The molecule has 28 heavy (non-hydrogen) atoms. The molecular weight excluding hydrogens is 396 g/mol. The van der Waals surface area contributed by atoms with Crippen LogP contribution in [0.25, 0.3) is 0 Å². The number of rotatable bonds is 4. The molecule has 1 atom stereocenters. The van der Waals surface area contributed by atoms with Crippen LogP contribution in [0.3, 0.4) is 0 Å². The summed E-state index contributed by atoms with van der Waals surface area (Å²) >= 11 is 1.74. The third-order valence-electron chi connectivity index (χ3n) is 5.55. The van der Waals surface area contributed by atoms with Crippen molar-refractivity contribution >= 4 is 27.3 Å². The molecule has 8 heteroatoms. The second-order valence-electron chi connectivity index (χ2n) is 7.26. The predicted molar refractivity (Wildman–Crippen MR) is 108 cm³/mol. The molecular formula is C20H24N2O4S2. The lowest BCUT2D eigenvalue weighted by atomic mass is 9.97. The van der Waals surface area contributed by atoms with Gasteiger partial charge in [-0.3, -0.25) is 4.79 Å². The van der Waals surface area contributed by atoms with E-state index in [-0.39, 0.29) is 23.3 Å². The average Bonchev–Trinajstić information content (AvgIpc) is 3.21. The van der Waals surface area contributed by atoms with Gasteiger partial charge in [0.15, 0.2) is 0 Å². The Kier molecular flexibility index (Phi) is 5.44. The first-order valence-electron chi connectivity index (χ1n) is 9.47. The van der Waals surface area contributed by atoms with Gasteiger partial charge in [-0.15, -0.1) is 11.3 Å². The van der Waals surface area contributed by atoms with Crippen LogP contribution in [0.4, 0.5) is 0 Å². The molecule has 0 spiro atoms. The third-order valence-corrected chi connectivity index (χ3v) is 8.45. The van der Waals surface area contributed by atoms with E-state index in [1.54, 1.807) is 42.7 Å². The van der Waals surface area contributed by atoms with Gasteiger partial charge in [0.2, 0.25) is 15.9 Å². The Morgan fingerprint density at radius 1 is 1.18 bits per heavy atom. The van der Waals surface area contributed by atoms with Gasteiger partial charge in [-0.25, -0.2) is 8.42 Å². The van der Waals surface area contributed by atoms with Crippen LogP contribution in [0.5, 0.6) is 5.75 Å². The quantitative estimate of drug-likeness (QED) is 0.763. The van der Waals surface area contributed by atoms with Crippen LogP contribution in [0.2, 0.25) is 0 Å². The zero-order valence-electron chi connectivity index (χ0n) is 15.8. The fraction of sp³-hybridized carbons (Fsp3) is 0.450. The molecule has 1 aromatic carbocycles. The number of thiophene rings is 1. The van der Waals surface area contributed by atoms with E-state index >= 15 is 0 Å². The number of carbonyl (C=O) groups excluding carboxylic acids is 1. The number of benzene rings is 1. The lowest BCUT2D eigenvalue weighted by molar-refractivity contribution is -0.137. The van der Waals surface area contributed by atoms with Crippen molar-refractivity contribution in [1.29, 1.82) is 0 Å². The van der Waals surface area contributed by atoms with Gasteiger partial charge in [-0.2, -0.15) is 4.31 Å². The van der Waals surface area contributed by atoms with Gasteiger partial charge < -0.3 is 9.64 Å². The smallest absolute Gasteiger partial charge is 0.243 e. The minimum Gasteiger partial charge on any atom is -0.497 e. The number of fused-ring (bicyclic) bond motifs is 1. The number of hydrogen-bond acceptors (Lipinski definition) is 5. The molecule has 1 saturated heterocycles. The summed E-state index contributed by atoms with van der Waals surface area (Å²) in [5.74, 6) is 0.414. The Balaban J connectivity index is 1.47. The molecule has 0 bridgehead atoms. The van der Waals surface area contributed by atoms with Gasteiger partial charge in [-0.05, 0) is 60.5 Å². The number of hydrogen-bond donors (Lipinski definition) is 0. The molecule has 1 unspecified atom stereocenters. The van der Waals surface area contributed by atoms with Crippen LogP contribution in [0, 0.1) is 5.92 Å². The Labute approximate surface area is 169 Å². The van der Waals surface area contributed by atoms with E-state index in [1.807, 2.05) is 4.90 Å². The molecule has 2 aliphatic rings. The van der Waals surface area contributed by atoms with Crippen molar-refractivity contribution in [2.45, 2.75) is 30.7 Å². The molecule has 1 aromatic heterocycles. The SMILES string of the molecule is COc1ccc(S(=O)(=O)N2CCCC(C(=O)N3CCc4sccc4C3)C2)cc1. The highest BCUT2D eigenvalue weighted by Gasteiger charge is 2.35. The maximum absolute atomic E-state index is 13.1. The standard InChI is InChI=1S/C20H24N2O4S2/c1-26-17-4-6-18(7-5-17)28(24,25)22-10-2-3-16(14-22)20(23)21-11-8-19-15(13-21)9-12-27-19/h4-7,9,12,16H,2-3,8,10-11,13-14H2,1H3. The molecule has 1 amide bonds. The second-order valence-corrected chi connectivity index (χ2v) is 10.2. The highest BCUT2D eigenvalue weighted by molar-refractivity contribution is 7.89. The van der Waals surface area contributed by atoms with Crippen molar-refractivity contribution in [3.05, 3.63) is 46.2 Å². The van der Waals surface area contributed by atoms with Crippen molar-refractivity contribution in [2.75, 3.05) is 26.7 Å². The highest BCUT2D eigenvalue weighted by Crippen LogP contribution is 2.29. The molecule has 1 fully saturated rings. The molecule has 0 aliphatic carbocycles. The van der Waals surface area contributed by atoms with Crippen LogP contribution < -0.4 is 4.74 Å². The Morgan fingerprint density at radius 2 is 1.96 bits per heavy atom. The Bertz CT molecular complexity index is 953. The number of piperidine rings is 1. The van der Waals surface area contributed by atoms with Crippen LogP contribution in [-0.4, -0.2) is 50.3 Å². The van der Waals surface area contributed by atoms with E-state index in [4.69, 9.17) is 4.74 Å². The fourth-order valence-electron chi connectivity index (χ4n) is 3.95. The van der Waals surface area contributed by atoms with E-state index < -0.39 is 10.0 Å². The zero-order chi connectivity index (χ0) is 19.7. The van der Waals surface area contributed by atoms with Gasteiger partial charge in [0.25, 0.3) is 0 Å². The summed E-state index contributed by atoms with van der Waals surface area (Å²) in [7, 11) is -2.07. The molecule has 2 aromatic rings. The zero-order valence-corrected chi connectivity index (χ0v) is 17.5. The first-order chi connectivity index (χ1) is 13.5. The van der Waals surface area contributed by atoms with E-state index in [0.29, 0.717) is 31.8 Å². The highest BCUT2D eigenvalue weighted by atomic mass is 32.2. The van der Waals surface area contributed by atoms with Crippen LogP contribution in [0.15, 0.2) is 40.6 Å². The second kappa shape index (κ2) is 7.85. The van der Waals surface area contributed by atoms with Crippen LogP contribution >= 0.6 is 11.3 Å². The molecule has 4 rings (SSSR count). The normalized spacial score (nSPS) is 20.6. The van der Waals surface area contributed by atoms with Gasteiger partial charge in [0, 0.05) is 31.1 Å². The Morgan fingerprint density at radius 3 is 2.71 bits per heavy atom. The summed E-state index contributed by atoms with van der Waals surface area (Å²) in [5.41, 5.74) is 1.23. The summed E-state index contributed by atoms with van der Waals surface area (Å²) in [5, 5.41) is 2.07. The lowest BCUT2D eigenvalue weighted by Crippen LogP contribution is -2.47. The Hall–Kier alpha value is -1.90. The van der Waals surface area contributed by atoms with Gasteiger partial charge >= 0.3 is 0 Å². The van der Waals surface area contributed by atoms with E-state index in [1.165, 1.54) is 14.7 Å². The summed E-state index contributed by atoms with van der Waals surface area (Å²) in [6.45, 7) is 2.06. The van der Waals surface area contributed by atoms with Crippen LogP contribution in [-0.2, 0) is 27.8 Å². The summed E-state index contributed by atoms with van der Waals surface area (Å²) in [6.07, 6.45) is 2.32. The van der Waals surface area contributed by atoms with E-state index in [0.717, 1.165) is 12.8 Å². The number of methoxy groups -OCH3 is 1. The van der Waals surface area contributed by atoms with Gasteiger partial charge in [-0.1, -0.05) is 0 Å². The largest absolute Gasteiger partial charge is 0.497 e.